The van der Waals surface area contributed by atoms with Crippen molar-refractivity contribution >= 4 is 6.01 Å². The van der Waals surface area contributed by atoms with Gasteiger partial charge >= 0.3 is 6.01 Å². The molecule has 2 saturated heterocycles. The molecule has 3 heterocycles. The number of rotatable bonds is 3. The zero-order valence-electron chi connectivity index (χ0n) is 11.9. The van der Waals surface area contributed by atoms with Gasteiger partial charge in [-0.25, -0.2) is 0 Å². The molecular weight excluding hydrogens is 242 g/mol. The molecule has 2 aliphatic rings. The van der Waals surface area contributed by atoms with Crippen LogP contribution in [-0.4, -0.2) is 72.4 Å². The molecule has 0 N–H and O–H groups in total. The van der Waals surface area contributed by atoms with Crippen LogP contribution in [-0.2, 0) is 6.42 Å². The van der Waals surface area contributed by atoms with Gasteiger partial charge < -0.3 is 14.2 Å². The minimum atomic E-state index is 0.592. The fourth-order valence-corrected chi connectivity index (χ4v) is 2.97. The first-order valence-electron chi connectivity index (χ1n) is 7.26. The van der Waals surface area contributed by atoms with E-state index in [0.717, 1.165) is 44.9 Å². The van der Waals surface area contributed by atoms with Crippen LogP contribution in [0.5, 0.6) is 0 Å². The Morgan fingerprint density at radius 1 is 1.16 bits per heavy atom. The molecule has 0 bridgehead atoms. The molecular formula is C13H23N5O. The largest absolute Gasteiger partial charge is 0.408 e. The van der Waals surface area contributed by atoms with Gasteiger partial charge in [0.25, 0.3) is 0 Å². The van der Waals surface area contributed by atoms with Crippen molar-refractivity contribution in [2.24, 2.45) is 0 Å². The molecule has 0 spiro atoms. The molecule has 1 aromatic rings. The van der Waals surface area contributed by atoms with E-state index < -0.39 is 0 Å². The highest BCUT2D eigenvalue weighted by atomic mass is 16.4. The van der Waals surface area contributed by atoms with Crippen molar-refractivity contribution in [2.75, 3.05) is 51.2 Å². The highest BCUT2D eigenvalue weighted by molar-refractivity contribution is 5.26. The molecule has 6 nitrogen and oxygen atoms in total. The van der Waals surface area contributed by atoms with Crippen molar-refractivity contribution in [3.8, 4) is 0 Å². The average molecular weight is 265 g/mol. The number of anilines is 1. The highest BCUT2D eigenvalue weighted by Crippen LogP contribution is 2.20. The van der Waals surface area contributed by atoms with Gasteiger partial charge in [-0.15, -0.1) is 5.10 Å². The number of nitrogens with zero attached hydrogens (tertiary/aromatic N) is 5. The summed E-state index contributed by atoms with van der Waals surface area (Å²) in [5, 5.41) is 8.31. The van der Waals surface area contributed by atoms with Crippen molar-refractivity contribution in [1.82, 2.24) is 20.0 Å². The van der Waals surface area contributed by atoms with Crippen molar-refractivity contribution in [2.45, 2.75) is 25.8 Å². The number of hydrogen-bond acceptors (Lipinski definition) is 6. The molecule has 106 valence electrons. The van der Waals surface area contributed by atoms with Gasteiger partial charge in [0, 0.05) is 51.7 Å². The smallest absolute Gasteiger partial charge is 0.318 e. The highest BCUT2D eigenvalue weighted by Gasteiger charge is 2.32. The number of fused-ring (bicyclic) bond motifs is 1. The normalized spacial score (nSPS) is 25.6. The Kier molecular flexibility index (Phi) is 3.70. The lowest BCUT2D eigenvalue weighted by Crippen LogP contribution is -2.61. The monoisotopic (exact) mass is 265 g/mol. The lowest BCUT2D eigenvalue weighted by molar-refractivity contribution is 0.0791. The summed E-state index contributed by atoms with van der Waals surface area (Å²) in [7, 11) is 2.20. The Morgan fingerprint density at radius 2 is 2.00 bits per heavy atom. The lowest BCUT2D eigenvalue weighted by Gasteiger charge is -2.45. The summed E-state index contributed by atoms with van der Waals surface area (Å²) in [6, 6.07) is 1.30. The van der Waals surface area contributed by atoms with Gasteiger partial charge in [0.2, 0.25) is 5.89 Å². The van der Waals surface area contributed by atoms with Crippen LogP contribution in [0.2, 0.25) is 0 Å². The van der Waals surface area contributed by atoms with Crippen LogP contribution in [0, 0.1) is 0 Å². The van der Waals surface area contributed by atoms with E-state index in [4.69, 9.17) is 4.42 Å². The van der Waals surface area contributed by atoms with Crippen LogP contribution in [0.15, 0.2) is 4.42 Å². The van der Waals surface area contributed by atoms with E-state index in [1.54, 1.807) is 0 Å². The molecule has 0 amide bonds. The van der Waals surface area contributed by atoms with Gasteiger partial charge in [0.05, 0.1) is 0 Å². The fraction of sp³-hybridized carbons (Fsp3) is 0.846. The van der Waals surface area contributed by atoms with Crippen LogP contribution in [0.25, 0.3) is 0 Å². The Labute approximate surface area is 114 Å². The van der Waals surface area contributed by atoms with Gasteiger partial charge in [-0.3, -0.25) is 4.90 Å². The molecule has 3 rings (SSSR count). The van der Waals surface area contributed by atoms with Crippen LogP contribution in [0.3, 0.4) is 0 Å². The van der Waals surface area contributed by atoms with Crippen molar-refractivity contribution in [3.05, 3.63) is 5.89 Å². The first-order chi connectivity index (χ1) is 9.26. The van der Waals surface area contributed by atoms with Crippen LogP contribution in [0.4, 0.5) is 6.01 Å². The van der Waals surface area contributed by atoms with E-state index in [9.17, 15) is 0 Å². The fourth-order valence-electron chi connectivity index (χ4n) is 2.97. The van der Waals surface area contributed by atoms with Gasteiger partial charge in [0.15, 0.2) is 0 Å². The summed E-state index contributed by atoms with van der Waals surface area (Å²) in [6.07, 6.45) is 1.92. The summed E-state index contributed by atoms with van der Waals surface area (Å²) >= 11 is 0. The lowest BCUT2D eigenvalue weighted by atomic mass is 10.1. The molecule has 0 unspecified atom stereocenters. The molecule has 1 atom stereocenters. The molecule has 0 radical (unpaired) electrons. The van der Waals surface area contributed by atoms with Crippen LogP contribution >= 0.6 is 0 Å². The van der Waals surface area contributed by atoms with E-state index in [1.807, 2.05) is 0 Å². The van der Waals surface area contributed by atoms with Crippen molar-refractivity contribution in [3.63, 3.8) is 0 Å². The third kappa shape index (κ3) is 2.74. The number of hydrogen-bond donors (Lipinski definition) is 0. The minimum Gasteiger partial charge on any atom is -0.408 e. The molecule has 0 saturated carbocycles. The van der Waals surface area contributed by atoms with Gasteiger partial charge in [-0.2, -0.15) is 0 Å². The Morgan fingerprint density at radius 3 is 2.84 bits per heavy atom. The number of aryl methyl sites for hydroxylation is 1. The summed E-state index contributed by atoms with van der Waals surface area (Å²) in [6.45, 7) is 8.71. The third-order valence-electron chi connectivity index (χ3n) is 4.09. The van der Waals surface area contributed by atoms with Gasteiger partial charge in [0.1, 0.15) is 0 Å². The minimum absolute atomic E-state index is 0.592. The molecule has 6 heteroatoms. The predicted molar refractivity (Wildman–Crippen MR) is 73.4 cm³/mol. The number of piperazine rings is 2. The van der Waals surface area contributed by atoms with Crippen LogP contribution < -0.4 is 4.90 Å². The van der Waals surface area contributed by atoms with E-state index in [1.165, 1.54) is 13.1 Å². The Balaban J connectivity index is 1.65. The Hall–Kier alpha value is -1.14. The molecule has 2 fully saturated rings. The first-order valence-corrected chi connectivity index (χ1v) is 7.26. The standard InChI is InChI=1S/C13H23N5O/c1-3-4-12-14-15-13(19-12)18-8-7-17-6-5-16(2)9-11(17)10-18/h11H,3-10H2,1-2H3/t11-/m1/s1. The topological polar surface area (TPSA) is 48.6 Å². The van der Waals surface area contributed by atoms with E-state index in [0.29, 0.717) is 12.1 Å². The summed E-state index contributed by atoms with van der Waals surface area (Å²) < 4.78 is 5.74. The van der Waals surface area contributed by atoms with E-state index >= 15 is 0 Å². The van der Waals surface area contributed by atoms with Crippen molar-refractivity contribution < 1.29 is 4.42 Å². The maximum Gasteiger partial charge on any atom is 0.318 e. The Bertz CT molecular complexity index is 421. The zero-order chi connectivity index (χ0) is 13.2. The second kappa shape index (κ2) is 5.46. The first kappa shape index (κ1) is 12.9. The second-order valence-electron chi connectivity index (χ2n) is 5.63. The van der Waals surface area contributed by atoms with E-state index in [-0.39, 0.29) is 0 Å². The molecule has 1 aromatic heterocycles. The van der Waals surface area contributed by atoms with Crippen molar-refractivity contribution in [1.29, 1.82) is 0 Å². The summed E-state index contributed by atoms with van der Waals surface area (Å²) in [4.78, 5) is 7.23. The second-order valence-corrected chi connectivity index (χ2v) is 5.63. The summed E-state index contributed by atoms with van der Waals surface area (Å²) in [5.74, 6) is 0.765. The molecule has 2 aliphatic heterocycles. The zero-order valence-corrected chi connectivity index (χ0v) is 11.9. The quantitative estimate of drug-likeness (QED) is 0.791. The maximum atomic E-state index is 5.74. The molecule has 0 aliphatic carbocycles. The van der Waals surface area contributed by atoms with Gasteiger partial charge in [-0.05, 0) is 13.5 Å². The van der Waals surface area contributed by atoms with E-state index in [2.05, 4.69) is 38.9 Å². The third-order valence-corrected chi connectivity index (χ3v) is 4.09. The van der Waals surface area contributed by atoms with Gasteiger partial charge in [-0.1, -0.05) is 12.0 Å². The maximum absolute atomic E-state index is 5.74. The summed E-state index contributed by atoms with van der Waals surface area (Å²) in [5.41, 5.74) is 0. The average Bonchev–Trinajstić information content (AvgIpc) is 2.87. The predicted octanol–water partition coefficient (Wildman–Crippen LogP) is 0.458. The number of aromatic nitrogens is 2. The molecule has 19 heavy (non-hydrogen) atoms. The van der Waals surface area contributed by atoms with Crippen LogP contribution in [0.1, 0.15) is 19.2 Å². The SMILES string of the molecule is CCCc1nnc(N2CCN3CCN(C)C[C@@H]3C2)o1. The number of likely N-dealkylation sites (N-methyl/N-ethyl adjacent to an activating group) is 1. The molecule has 0 aromatic carbocycles.